The SMILES string of the molecule is CCCCCCC(CCC)C1CC1. The second-order valence-electron chi connectivity index (χ2n) is 4.74. The molecule has 1 atom stereocenters. The standard InChI is InChI=1S/C13H26/c1-3-5-6-7-9-12(8-4-2)13-10-11-13/h12-13H,3-11H2,1-2H3. The summed E-state index contributed by atoms with van der Waals surface area (Å²) in [6.45, 7) is 4.63. The zero-order chi connectivity index (χ0) is 9.52. The van der Waals surface area contributed by atoms with Crippen LogP contribution in [0.3, 0.4) is 0 Å². The topological polar surface area (TPSA) is 0 Å². The Morgan fingerprint density at radius 3 is 2.23 bits per heavy atom. The highest BCUT2D eigenvalue weighted by Crippen LogP contribution is 2.41. The molecule has 1 rings (SSSR count). The van der Waals surface area contributed by atoms with Crippen molar-refractivity contribution < 1.29 is 0 Å². The van der Waals surface area contributed by atoms with E-state index in [2.05, 4.69) is 13.8 Å². The van der Waals surface area contributed by atoms with E-state index in [1.165, 1.54) is 44.9 Å². The lowest BCUT2D eigenvalue weighted by Gasteiger charge is -2.14. The smallest absolute Gasteiger partial charge is 0.0386 e. The Bertz CT molecular complexity index is 113. The van der Waals surface area contributed by atoms with E-state index >= 15 is 0 Å². The molecule has 0 heterocycles. The Morgan fingerprint density at radius 2 is 1.69 bits per heavy atom. The Balaban J connectivity index is 2.00. The van der Waals surface area contributed by atoms with Crippen LogP contribution in [0.15, 0.2) is 0 Å². The summed E-state index contributed by atoms with van der Waals surface area (Å²) >= 11 is 0. The molecule has 0 amide bonds. The minimum atomic E-state index is 1.10. The fraction of sp³-hybridized carbons (Fsp3) is 1.00. The minimum absolute atomic E-state index is 1.10. The van der Waals surface area contributed by atoms with Crippen molar-refractivity contribution in [1.29, 1.82) is 0 Å². The largest absolute Gasteiger partial charge is 0.0654 e. The molecule has 1 saturated carbocycles. The van der Waals surface area contributed by atoms with Gasteiger partial charge in [0.1, 0.15) is 0 Å². The van der Waals surface area contributed by atoms with E-state index in [4.69, 9.17) is 0 Å². The molecule has 0 saturated heterocycles. The van der Waals surface area contributed by atoms with Crippen molar-refractivity contribution in [3.05, 3.63) is 0 Å². The second kappa shape index (κ2) is 6.45. The van der Waals surface area contributed by atoms with Crippen molar-refractivity contribution in [3.8, 4) is 0 Å². The van der Waals surface area contributed by atoms with Gasteiger partial charge in [0.15, 0.2) is 0 Å². The van der Waals surface area contributed by atoms with Gasteiger partial charge in [0.05, 0.1) is 0 Å². The van der Waals surface area contributed by atoms with Gasteiger partial charge < -0.3 is 0 Å². The summed E-state index contributed by atoms with van der Waals surface area (Å²) in [6, 6.07) is 0. The molecule has 0 aromatic rings. The van der Waals surface area contributed by atoms with Crippen LogP contribution in [-0.4, -0.2) is 0 Å². The quantitative estimate of drug-likeness (QED) is 0.474. The maximum Gasteiger partial charge on any atom is -0.0386 e. The Labute approximate surface area is 84.1 Å². The highest BCUT2D eigenvalue weighted by molar-refractivity contribution is 4.80. The summed E-state index contributed by atoms with van der Waals surface area (Å²) < 4.78 is 0. The predicted octanol–water partition coefficient (Wildman–Crippen LogP) is 4.78. The third-order valence-corrected chi connectivity index (χ3v) is 3.38. The lowest BCUT2D eigenvalue weighted by Crippen LogP contribution is -2.02. The fourth-order valence-electron chi connectivity index (χ4n) is 2.39. The molecule has 1 aliphatic carbocycles. The van der Waals surface area contributed by atoms with Crippen LogP contribution >= 0.6 is 0 Å². The average molecular weight is 182 g/mol. The van der Waals surface area contributed by atoms with Gasteiger partial charge in [0.25, 0.3) is 0 Å². The summed E-state index contributed by atoms with van der Waals surface area (Å²) in [7, 11) is 0. The van der Waals surface area contributed by atoms with E-state index in [1.807, 2.05) is 0 Å². The Kier molecular flexibility index (Phi) is 5.50. The van der Waals surface area contributed by atoms with Crippen LogP contribution < -0.4 is 0 Å². The molecular formula is C13H26. The molecule has 1 fully saturated rings. The molecule has 78 valence electrons. The highest BCUT2D eigenvalue weighted by Gasteiger charge is 2.29. The van der Waals surface area contributed by atoms with E-state index in [-0.39, 0.29) is 0 Å². The zero-order valence-corrected chi connectivity index (χ0v) is 9.52. The second-order valence-corrected chi connectivity index (χ2v) is 4.74. The van der Waals surface area contributed by atoms with Gasteiger partial charge in [-0.05, 0) is 24.7 Å². The van der Waals surface area contributed by atoms with E-state index in [0.29, 0.717) is 0 Å². The third-order valence-electron chi connectivity index (χ3n) is 3.38. The summed E-state index contributed by atoms with van der Waals surface area (Å²) in [5.41, 5.74) is 0. The van der Waals surface area contributed by atoms with Gasteiger partial charge in [-0.2, -0.15) is 0 Å². The lowest BCUT2D eigenvalue weighted by atomic mass is 9.92. The van der Waals surface area contributed by atoms with Gasteiger partial charge in [-0.1, -0.05) is 58.8 Å². The summed E-state index contributed by atoms with van der Waals surface area (Å²) in [4.78, 5) is 0. The highest BCUT2D eigenvalue weighted by atomic mass is 14.3. The first-order valence-electron chi connectivity index (χ1n) is 6.38. The van der Waals surface area contributed by atoms with E-state index in [1.54, 1.807) is 12.8 Å². The van der Waals surface area contributed by atoms with Crippen LogP contribution in [0, 0.1) is 11.8 Å². The molecule has 0 nitrogen and oxygen atoms in total. The summed E-state index contributed by atoms with van der Waals surface area (Å²) in [5.74, 6) is 2.24. The van der Waals surface area contributed by atoms with Crippen LogP contribution in [0.2, 0.25) is 0 Å². The van der Waals surface area contributed by atoms with Gasteiger partial charge in [-0.3, -0.25) is 0 Å². The zero-order valence-electron chi connectivity index (χ0n) is 9.52. The molecule has 0 spiro atoms. The van der Waals surface area contributed by atoms with Crippen molar-refractivity contribution in [2.24, 2.45) is 11.8 Å². The number of hydrogen-bond donors (Lipinski definition) is 0. The maximum absolute atomic E-state index is 2.33. The molecule has 0 aromatic carbocycles. The van der Waals surface area contributed by atoms with Gasteiger partial charge >= 0.3 is 0 Å². The molecule has 13 heavy (non-hydrogen) atoms. The van der Waals surface area contributed by atoms with E-state index in [9.17, 15) is 0 Å². The van der Waals surface area contributed by atoms with E-state index < -0.39 is 0 Å². The molecular weight excluding hydrogens is 156 g/mol. The summed E-state index contributed by atoms with van der Waals surface area (Å²) in [5, 5.41) is 0. The monoisotopic (exact) mass is 182 g/mol. The number of unbranched alkanes of at least 4 members (excludes halogenated alkanes) is 3. The first kappa shape index (κ1) is 11.1. The number of rotatable bonds is 8. The molecule has 1 unspecified atom stereocenters. The van der Waals surface area contributed by atoms with Crippen LogP contribution in [0.4, 0.5) is 0 Å². The Hall–Kier alpha value is 0. The fourth-order valence-corrected chi connectivity index (χ4v) is 2.39. The molecule has 0 bridgehead atoms. The summed E-state index contributed by atoms with van der Waals surface area (Å²) in [6.07, 6.45) is 13.3. The van der Waals surface area contributed by atoms with Crippen LogP contribution in [-0.2, 0) is 0 Å². The van der Waals surface area contributed by atoms with Gasteiger partial charge in [0, 0.05) is 0 Å². The van der Waals surface area contributed by atoms with Crippen LogP contribution in [0.25, 0.3) is 0 Å². The van der Waals surface area contributed by atoms with Gasteiger partial charge in [-0.15, -0.1) is 0 Å². The lowest BCUT2D eigenvalue weighted by molar-refractivity contribution is 0.377. The number of hydrogen-bond acceptors (Lipinski definition) is 0. The first-order chi connectivity index (χ1) is 6.38. The van der Waals surface area contributed by atoms with Gasteiger partial charge in [-0.25, -0.2) is 0 Å². The molecule has 0 heteroatoms. The molecule has 1 aliphatic rings. The van der Waals surface area contributed by atoms with Crippen molar-refractivity contribution in [3.63, 3.8) is 0 Å². The minimum Gasteiger partial charge on any atom is -0.0654 e. The van der Waals surface area contributed by atoms with Crippen LogP contribution in [0.1, 0.15) is 71.6 Å². The normalized spacial score (nSPS) is 18.9. The van der Waals surface area contributed by atoms with E-state index in [0.717, 1.165) is 11.8 Å². The van der Waals surface area contributed by atoms with Crippen molar-refractivity contribution in [2.75, 3.05) is 0 Å². The Morgan fingerprint density at radius 1 is 0.923 bits per heavy atom. The first-order valence-corrected chi connectivity index (χ1v) is 6.38. The predicted molar refractivity (Wildman–Crippen MR) is 59.9 cm³/mol. The van der Waals surface area contributed by atoms with Crippen molar-refractivity contribution in [2.45, 2.75) is 71.6 Å². The third kappa shape index (κ3) is 4.69. The average Bonchev–Trinajstić information content (AvgIpc) is 2.93. The molecule has 0 aromatic heterocycles. The van der Waals surface area contributed by atoms with Gasteiger partial charge in [0.2, 0.25) is 0 Å². The van der Waals surface area contributed by atoms with Crippen molar-refractivity contribution >= 4 is 0 Å². The maximum atomic E-state index is 2.33. The van der Waals surface area contributed by atoms with Crippen molar-refractivity contribution in [1.82, 2.24) is 0 Å². The molecule has 0 aliphatic heterocycles. The molecule has 0 N–H and O–H groups in total. The molecule has 0 radical (unpaired) electrons. The van der Waals surface area contributed by atoms with Crippen LogP contribution in [0.5, 0.6) is 0 Å².